The van der Waals surface area contributed by atoms with Crippen LogP contribution in [0, 0.1) is 26.1 Å². The molecular formula is C18H38N2O9. The van der Waals surface area contributed by atoms with Crippen LogP contribution in [0.1, 0.15) is 84.0 Å². The van der Waals surface area contributed by atoms with Crippen molar-refractivity contribution in [2.75, 3.05) is 13.2 Å². The molecule has 1 aliphatic rings. The first-order valence-corrected chi connectivity index (χ1v) is 10.3. The van der Waals surface area contributed by atoms with Gasteiger partial charge in [0.15, 0.2) is 0 Å². The zero-order valence-corrected chi connectivity index (χ0v) is 17.4. The summed E-state index contributed by atoms with van der Waals surface area (Å²) in [4.78, 5) is 16.7. The third kappa shape index (κ3) is 22.4. The normalized spacial score (nSPS) is 20.2. The Morgan fingerprint density at radius 1 is 0.828 bits per heavy atom. The Labute approximate surface area is 171 Å². The molecule has 0 aliphatic carbocycles. The van der Waals surface area contributed by atoms with E-state index >= 15 is 0 Å². The molecule has 0 bridgehead atoms. The van der Waals surface area contributed by atoms with Gasteiger partial charge in [-0.1, -0.05) is 71.1 Å². The summed E-state index contributed by atoms with van der Waals surface area (Å²) >= 11 is 0. The lowest BCUT2D eigenvalue weighted by molar-refractivity contribution is -0.742. The lowest BCUT2D eigenvalue weighted by atomic mass is 9.93. The molecule has 0 amide bonds. The molecule has 3 atom stereocenters. The predicted molar refractivity (Wildman–Crippen MR) is 105 cm³/mol. The fraction of sp³-hybridized carbons (Fsp3) is 1.00. The van der Waals surface area contributed by atoms with E-state index in [1.165, 1.54) is 64.2 Å². The van der Waals surface area contributed by atoms with Crippen LogP contribution in [-0.4, -0.2) is 56.2 Å². The number of aliphatic hydroxyl groups is 2. The average Bonchev–Trinajstić information content (AvgIpc) is 3.05. The highest BCUT2D eigenvalue weighted by Crippen LogP contribution is 2.30. The molecule has 3 unspecified atom stereocenters. The number of hydrogen-bond acceptors (Lipinski definition) is 7. The third-order valence-corrected chi connectivity index (χ3v) is 4.77. The monoisotopic (exact) mass is 426 g/mol. The minimum Gasteiger partial charge on any atom is -0.394 e. The summed E-state index contributed by atoms with van der Waals surface area (Å²) in [6.07, 6.45) is 15.6. The molecule has 29 heavy (non-hydrogen) atoms. The molecule has 0 radical (unpaired) electrons. The highest BCUT2D eigenvalue weighted by molar-refractivity contribution is 4.81. The van der Waals surface area contributed by atoms with E-state index in [0.717, 1.165) is 12.8 Å². The van der Waals surface area contributed by atoms with Crippen molar-refractivity contribution in [3.05, 3.63) is 20.2 Å². The van der Waals surface area contributed by atoms with Gasteiger partial charge < -0.3 is 25.4 Å². The van der Waals surface area contributed by atoms with Crippen molar-refractivity contribution in [2.24, 2.45) is 5.92 Å². The number of rotatable bonds is 13. The van der Waals surface area contributed by atoms with Gasteiger partial charge >= 0.3 is 0 Å². The van der Waals surface area contributed by atoms with Gasteiger partial charge in [0.05, 0.1) is 25.4 Å². The van der Waals surface area contributed by atoms with E-state index in [1.54, 1.807) is 0 Å². The van der Waals surface area contributed by atoms with Crippen LogP contribution in [0.5, 0.6) is 0 Å². The lowest BCUT2D eigenvalue weighted by Gasteiger charge is -2.15. The largest absolute Gasteiger partial charge is 0.394 e. The van der Waals surface area contributed by atoms with Crippen molar-refractivity contribution in [2.45, 2.75) is 96.2 Å². The van der Waals surface area contributed by atoms with Crippen LogP contribution < -0.4 is 0 Å². The fourth-order valence-corrected chi connectivity index (χ4v) is 3.41. The van der Waals surface area contributed by atoms with Crippen molar-refractivity contribution in [3.8, 4) is 0 Å². The molecule has 11 heteroatoms. The maximum Gasteiger partial charge on any atom is 0.291 e. The molecule has 1 aliphatic heterocycles. The Hall–Kier alpha value is -1.72. The molecule has 1 rings (SSSR count). The second-order valence-corrected chi connectivity index (χ2v) is 7.10. The quantitative estimate of drug-likeness (QED) is 0.195. The number of unbranched alkanes of at least 4 members (excludes halogenated alkanes) is 9. The van der Waals surface area contributed by atoms with Gasteiger partial charge in [-0.05, 0) is 18.8 Å². The molecule has 0 aromatic heterocycles. The van der Waals surface area contributed by atoms with Crippen molar-refractivity contribution in [1.29, 1.82) is 0 Å². The second kappa shape index (κ2) is 21.0. The Balaban J connectivity index is 0. The predicted octanol–water partition coefficient (Wildman–Crippen LogP) is 3.36. The van der Waals surface area contributed by atoms with Gasteiger partial charge in [-0.2, -0.15) is 0 Å². The van der Waals surface area contributed by atoms with Gasteiger partial charge in [-0.3, -0.25) is 0 Å². The molecule has 1 fully saturated rings. The van der Waals surface area contributed by atoms with Gasteiger partial charge in [0.2, 0.25) is 0 Å². The number of hydrogen-bond donors (Lipinski definition) is 4. The van der Waals surface area contributed by atoms with E-state index in [9.17, 15) is 5.11 Å². The van der Waals surface area contributed by atoms with Crippen LogP contribution in [0.25, 0.3) is 0 Å². The highest BCUT2D eigenvalue weighted by atomic mass is 16.9. The minimum atomic E-state index is -1.50. The van der Waals surface area contributed by atoms with E-state index in [-0.39, 0.29) is 25.4 Å². The van der Waals surface area contributed by atoms with E-state index < -0.39 is 10.2 Å². The first-order valence-electron chi connectivity index (χ1n) is 10.3. The van der Waals surface area contributed by atoms with Crippen LogP contribution in [0.3, 0.4) is 0 Å². The van der Waals surface area contributed by atoms with Gasteiger partial charge in [-0.25, -0.2) is 0 Å². The smallest absolute Gasteiger partial charge is 0.291 e. The van der Waals surface area contributed by atoms with Crippen molar-refractivity contribution in [3.63, 3.8) is 0 Å². The van der Waals surface area contributed by atoms with Crippen LogP contribution >= 0.6 is 0 Å². The molecule has 0 saturated carbocycles. The van der Waals surface area contributed by atoms with Gasteiger partial charge in [0, 0.05) is 0 Å². The van der Waals surface area contributed by atoms with Crippen LogP contribution in [0.4, 0.5) is 0 Å². The zero-order valence-electron chi connectivity index (χ0n) is 17.4. The van der Waals surface area contributed by atoms with E-state index in [4.69, 9.17) is 40.5 Å². The Morgan fingerprint density at radius 3 is 1.62 bits per heavy atom. The van der Waals surface area contributed by atoms with Crippen molar-refractivity contribution >= 4 is 0 Å². The first-order chi connectivity index (χ1) is 13.8. The van der Waals surface area contributed by atoms with Crippen LogP contribution in [0.15, 0.2) is 0 Å². The summed E-state index contributed by atoms with van der Waals surface area (Å²) in [5, 5.41) is 45.7. The number of nitrogens with zero attached hydrogens (tertiary/aromatic N) is 2. The zero-order chi connectivity index (χ0) is 22.5. The molecule has 4 N–H and O–H groups in total. The third-order valence-electron chi connectivity index (χ3n) is 4.77. The standard InChI is InChI=1S/C18H36O3.2HNO3/c1-2-3-4-5-6-7-8-9-10-11-12-16-13-17(14-19)21-18(16)15-20;2*2-1(3)4/h16-20H,2-15H2,1H3;2*(H,2,3,4). The number of ether oxygens (including phenoxy) is 1. The summed E-state index contributed by atoms with van der Waals surface area (Å²) in [5.74, 6) is 0.446. The lowest BCUT2D eigenvalue weighted by Crippen LogP contribution is -2.21. The van der Waals surface area contributed by atoms with Crippen LogP contribution in [0.2, 0.25) is 0 Å². The Morgan fingerprint density at radius 2 is 1.24 bits per heavy atom. The minimum absolute atomic E-state index is 0.0410. The van der Waals surface area contributed by atoms with Crippen LogP contribution in [-0.2, 0) is 4.74 Å². The molecule has 0 aromatic rings. The van der Waals surface area contributed by atoms with E-state index in [0.29, 0.717) is 5.92 Å². The maximum atomic E-state index is 9.30. The molecule has 0 spiro atoms. The van der Waals surface area contributed by atoms with Crippen molar-refractivity contribution in [1.82, 2.24) is 0 Å². The summed E-state index contributed by atoms with van der Waals surface area (Å²) < 4.78 is 5.61. The van der Waals surface area contributed by atoms with Gasteiger partial charge in [0.1, 0.15) is 0 Å². The summed E-state index contributed by atoms with van der Waals surface area (Å²) in [7, 11) is 0. The summed E-state index contributed by atoms with van der Waals surface area (Å²) in [5.41, 5.74) is 0. The first kappa shape index (κ1) is 29.5. The SMILES string of the molecule is CCCCCCCCCCCCC1CC(CO)OC1CO.O=[N+]([O-])O.O=[N+]([O-])O. The molecular weight excluding hydrogens is 388 g/mol. The number of aliphatic hydroxyl groups excluding tert-OH is 2. The van der Waals surface area contributed by atoms with E-state index in [1.807, 2.05) is 0 Å². The summed E-state index contributed by atoms with van der Waals surface area (Å²) in [6.45, 7) is 2.45. The van der Waals surface area contributed by atoms with Crippen molar-refractivity contribution < 1.29 is 35.5 Å². The molecule has 174 valence electrons. The summed E-state index contributed by atoms with van der Waals surface area (Å²) in [6, 6.07) is 0. The Kier molecular flexibility index (Phi) is 21.3. The molecule has 1 saturated heterocycles. The second-order valence-electron chi connectivity index (χ2n) is 7.10. The molecule has 1 heterocycles. The molecule has 0 aromatic carbocycles. The van der Waals surface area contributed by atoms with E-state index in [2.05, 4.69) is 6.92 Å². The highest BCUT2D eigenvalue weighted by Gasteiger charge is 2.33. The van der Waals surface area contributed by atoms with Gasteiger partial charge in [-0.15, -0.1) is 20.2 Å². The molecule has 11 nitrogen and oxygen atoms in total. The Bertz CT molecular complexity index is 380. The fourth-order valence-electron chi connectivity index (χ4n) is 3.41. The topological polar surface area (TPSA) is 176 Å². The maximum absolute atomic E-state index is 9.30. The average molecular weight is 427 g/mol. The van der Waals surface area contributed by atoms with Gasteiger partial charge in [0.25, 0.3) is 10.2 Å².